The maximum atomic E-state index is 13.9. The zero-order valence-electron chi connectivity index (χ0n) is 17.0. The molecule has 0 aliphatic heterocycles. The van der Waals surface area contributed by atoms with E-state index in [1.807, 2.05) is 54.6 Å². The molecule has 1 aliphatic rings. The number of methoxy groups -OCH3 is 1. The van der Waals surface area contributed by atoms with E-state index in [2.05, 4.69) is 10.6 Å². The second-order valence-electron chi connectivity index (χ2n) is 7.60. The lowest BCUT2D eigenvalue weighted by Crippen LogP contribution is -2.26. The molecule has 0 bridgehead atoms. The van der Waals surface area contributed by atoms with Crippen molar-refractivity contribution in [2.45, 2.75) is 19.4 Å². The number of benzene rings is 3. The zero-order valence-corrected chi connectivity index (χ0v) is 17.0. The molecule has 0 radical (unpaired) electrons. The van der Waals surface area contributed by atoms with Gasteiger partial charge in [0, 0.05) is 24.3 Å². The van der Waals surface area contributed by atoms with E-state index in [1.54, 1.807) is 6.07 Å². The summed E-state index contributed by atoms with van der Waals surface area (Å²) in [6, 6.07) is 20.5. The molecule has 0 saturated heterocycles. The molecule has 1 saturated carbocycles. The van der Waals surface area contributed by atoms with E-state index < -0.39 is 5.82 Å². The maximum absolute atomic E-state index is 13.9. The zero-order chi connectivity index (χ0) is 20.9. The fourth-order valence-electron chi connectivity index (χ4n) is 3.39. The number of rotatable bonds is 8. The third-order valence-corrected chi connectivity index (χ3v) is 5.31. The Morgan fingerprint density at radius 3 is 2.57 bits per heavy atom. The molecule has 0 atom stereocenters. The molecule has 30 heavy (non-hydrogen) atoms. The van der Waals surface area contributed by atoms with E-state index in [9.17, 15) is 9.18 Å². The second-order valence-corrected chi connectivity index (χ2v) is 7.60. The molecule has 3 aromatic carbocycles. The van der Waals surface area contributed by atoms with Crippen LogP contribution in [0.3, 0.4) is 0 Å². The number of amides is 1. The number of ether oxygens (including phenoxy) is 1. The number of hydrogen-bond donors (Lipinski definition) is 2. The predicted molar refractivity (Wildman–Crippen MR) is 117 cm³/mol. The molecule has 2 N–H and O–H groups in total. The molecule has 1 fully saturated rings. The van der Waals surface area contributed by atoms with Crippen molar-refractivity contribution >= 4 is 11.6 Å². The van der Waals surface area contributed by atoms with E-state index in [-0.39, 0.29) is 11.7 Å². The van der Waals surface area contributed by atoms with Crippen LogP contribution < -0.4 is 15.4 Å². The molecule has 154 valence electrons. The van der Waals surface area contributed by atoms with Gasteiger partial charge in [0.1, 0.15) is 0 Å². The number of carbonyl (C=O) groups excluding carboxylic acids is 1. The number of halogens is 1. The molecule has 0 heterocycles. The van der Waals surface area contributed by atoms with Crippen LogP contribution in [0.15, 0.2) is 66.7 Å². The van der Waals surface area contributed by atoms with Crippen LogP contribution >= 0.6 is 0 Å². The van der Waals surface area contributed by atoms with E-state index in [1.165, 1.54) is 26.0 Å². The van der Waals surface area contributed by atoms with Crippen molar-refractivity contribution in [1.82, 2.24) is 5.32 Å². The third kappa shape index (κ3) is 4.79. The van der Waals surface area contributed by atoms with E-state index in [0.717, 1.165) is 28.9 Å². The molecule has 1 aliphatic carbocycles. The lowest BCUT2D eigenvalue weighted by atomic mass is 9.98. The predicted octanol–water partition coefficient (Wildman–Crippen LogP) is 5.25. The minimum absolute atomic E-state index is 0.0695. The summed E-state index contributed by atoms with van der Waals surface area (Å²) in [6.07, 6.45) is 2.37. The summed E-state index contributed by atoms with van der Waals surface area (Å²) in [4.78, 5) is 12.9. The first-order valence-electron chi connectivity index (χ1n) is 10.2. The highest BCUT2D eigenvalue weighted by molar-refractivity contribution is 6.01. The molecule has 0 unspecified atom stereocenters. The van der Waals surface area contributed by atoms with Gasteiger partial charge in [0.15, 0.2) is 11.6 Å². The van der Waals surface area contributed by atoms with Crippen LogP contribution in [0.1, 0.15) is 28.8 Å². The van der Waals surface area contributed by atoms with Crippen LogP contribution in [0, 0.1) is 11.7 Å². The Balaban J connectivity index is 1.55. The van der Waals surface area contributed by atoms with Gasteiger partial charge < -0.3 is 15.4 Å². The fraction of sp³-hybridized carbons (Fsp3) is 0.240. The Hall–Kier alpha value is -3.34. The van der Waals surface area contributed by atoms with Crippen LogP contribution in [0.2, 0.25) is 0 Å². The first-order chi connectivity index (χ1) is 14.6. The average Bonchev–Trinajstić information content (AvgIpc) is 3.61. The van der Waals surface area contributed by atoms with Crippen molar-refractivity contribution in [3.63, 3.8) is 0 Å². The van der Waals surface area contributed by atoms with Gasteiger partial charge in [0.2, 0.25) is 0 Å². The maximum Gasteiger partial charge on any atom is 0.251 e. The number of nitrogens with one attached hydrogen (secondary N) is 2. The first kappa shape index (κ1) is 20.0. The third-order valence-electron chi connectivity index (χ3n) is 5.31. The molecule has 3 aromatic rings. The Labute approximate surface area is 176 Å². The monoisotopic (exact) mass is 404 g/mol. The Morgan fingerprint density at radius 1 is 1.07 bits per heavy atom. The van der Waals surface area contributed by atoms with Gasteiger partial charge in [0.25, 0.3) is 5.91 Å². The Bertz CT molecular complexity index is 1030. The fourth-order valence-corrected chi connectivity index (χ4v) is 3.39. The summed E-state index contributed by atoms with van der Waals surface area (Å²) < 4.78 is 18.9. The molecule has 4 nitrogen and oxygen atoms in total. The summed E-state index contributed by atoms with van der Waals surface area (Å²) >= 11 is 0. The molecule has 4 rings (SSSR count). The largest absolute Gasteiger partial charge is 0.494 e. The van der Waals surface area contributed by atoms with Crippen molar-refractivity contribution in [2.75, 3.05) is 19.0 Å². The van der Waals surface area contributed by atoms with Gasteiger partial charge in [-0.2, -0.15) is 0 Å². The lowest BCUT2D eigenvalue weighted by Gasteiger charge is -2.14. The van der Waals surface area contributed by atoms with E-state index >= 15 is 0 Å². The Morgan fingerprint density at radius 2 is 1.87 bits per heavy atom. The molecular weight excluding hydrogens is 379 g/mol. The summed E-state index contributed by atoms with van der Waals surface area (Å²) in [5, 5.41) is 6.35. The van der Waals surface area contributed by atoms with Gasteiger partial charge in [-0.05, 0) is 59.7 Å². The van der Waals surface area contributed by atoms with Crippen molar-refractivity contribution in [1.29, 1.82) is 0 Å². The lowest BCUT2D eigenvalue weighted by molar-refractivity contribution is 0.0952. The molecule has 1 amide bonds. The second kappa shape index (κ2) is 8.99. The van der Waals surface area contributed by atoms with Crippen LogP contribution in [0.4, 0.5) is 10.1 Å². The van der Waals surface area contributed by atoms with Gasteiger partial charge in [-0.1, -0.05) is 42.5 Å². The van der Waals surface area contributed by atoms with E-state index in [0.29, 0.717) is 18.0 Å². The van der Waals surface area contributed by atoms with Crippen LogP contribution in [-0.2, 0) is 6.54 Å². The van der Waals surface area contributed by atoms with Crippen LogP contribution in [0.25, 0.3) is 11.1 Å². The minimum Gasteiger partial charge on any atom is -0.494 e. The van der Waals surface area contributed by atoms with Crippen LogP contribution in [-0.4, -0.2) is 19.6 Å². The highest BCUT2D eigenvalue weighted by Gasteiger charge is 2.23. The SMILES string of the molecule is COc1ccc(CNc2ccc(-c3ccccc3)c(C(=O)NCC3CC3)c2)cc1F. The normalized spacial score (nSPS) is 13.0. The van der Waals surface area contributed by atoms with Gasteiger partial charge in [-0.15, -0.1) is 0 Å². The average molecular weight is 404 g/mol. The van der Waals surface area contributed by atoms with Gasteiger partial charge >= 0.3 is 0 Å². The summed E-state index contributed by atoms with van der Waals surface area (Å²) in [5.74, 6) is 0.372. The van der Waals surface area contributed by atoms with Crippen LogP contribution in [0.5, 0.6) is 5.75 Å². The Kier molecular flexibility index (Phi) is 5.98. The molecule has 0 spiro atoms. The van der Waals surface area contributed by atoms with Gasteiger partial charge in [-0.3, -0.25) is 4.79 Å². The number of hydrogen-bond acceptors (Lipinski definition) is 3. The standard InChI is InChI=1S/C25H25FN2O2/c1-30-24-12-9-18(13-23(24)26)16-27-20-10-11-21(19-5-3-2-4-6-19)22(14-20)25(29)28-15-17-7-8-17/h2-6,9-14,17,27H,7-8,15-16H2,1H3,(H,28,29). The smallest absolute Gasteiger partial charge is 0.251 e. The summed E-state index contributed by atoms with van der Waals surface area (Å²) in [7, 11) is 1.44. The number of anilines is 1. The quantitative estimate of drug-likeness (QED) is 0.539. The summed E-state index contributed by atoms with van der Waals surface area (Å²) in [6.45, 7) is 1.16. The summed E-state index contributed by atoms with van der Waals surface area (Å²) in [5.41, 5.74) is 4.12. The van der Waals surface area contributed by atoms with E-state index in [4.69, 9.17) is 4.74 Å². The minimum atomic E-state index is -0.392. The first-order valence-corrected chi connectivity index (χ1v) is 10.2. The highest BCUT2D eigenvalue weighted by Crippen LogP contribution is 2.29. The van der Waals surface area contributed by atoms with Gasteiger partial charge in [0.05, 0.1) is 7.11 Å². The topological polar surface area (TPSA) is 50.4 Å². The van der Waals surface area contributed by atoms with Crippen molar-refractivity contribution in [3.05, 3.63) is 83.7 Å². The molecular formula is C25H25FN2O2. The van der Waals surface area contributed by atoms with Crippen molar-refractivity contribution in [2.24, 2.45) is 5.92 Å². The van der Waals surface area contributed by atoms with Gasteiger partial charge in [-0.25, -0.2) is 4.39 Å². The van der Waals surface area contributed by atoms with Crippen molar-refractivity contribution < 1.29 is 13.9 Å². The van der Waals surface area contributed by atoms with Crippen molar-refractivity contribution in [3.8, 4) is 16.9 Å². The highest BCUT2D eigenvalue weighted by atomic mass is 19.1. The molecule has 0 aromatic heterocycles. The number of carbonyl (C=O) groups is 1. The molecule has 5 heteroatoms.